The van der Waals surface area contributed by atoms with Crippen LogP contribution >= 0.6 is 0 Å². The molecule has 1 aromatic heterocycles. The van der Waals surface area contributed by atoms with Crippen molar-refractivity contribution in [1.29, 1.82) is 5.26 Å². The summed E-state index contributed by atoms with van der Waals surface area (Å²) in [4.78, 5) is 13.1. The molecular weight excluding hydrogens is 398 g/mol. The zero-order valence-corrected chi connectivity index (χ0v) is 17.6. The summed E-state index contributed by atoms with van der Waals surface area (Å²) >= 11 is 0. The van der Waals surface area contributed by atoms with Crippen molar-refractivity contribution >= 4 is 26.7 Å². The van der Waals surface area contributed by atoms with E-state index in [1.165, 1.54) is 17.0 Å². The van der Waals surface area contributed by atoms with Crippen LogP contribution in [0, 0.1) is 11.3 Å². The number of fused-ring (bicyclic) bond motifs is 1. The SMILES string of the molecule is CC[NH+]1CCN(c2nc3ccccc3nc2[C@@H](C#N)S(=O)(=O)c2ccccc2)CC1. The number of quaternary nitrogens is 1. The number of piperazine rings is 1. The van der Waals surface area contributed by atoms with Gasteiger partial charge in [-0.05, 0) is 31.2 Å². The second-order valence-electron chi connectivity index (χ2n) is 7.38. The zero-order valence-electron chi connectivity index (χ0n) is 16.8. The van der Waals surface area contributed by atoms with E-state index >= 15 is 0 Å². The molecule has 2 heterocycles. The van der Waals surface area contributed by atoms with Crippen molar-refractivity contribution in [2.75, 3.05) is 37.6 Å². The summed E-state index contributed by atoms with van der Waals surface area (Å²) in [7, 11) is -3.94. The summed E-state index contributed by atoms with van der Waals surface area (Å²) in [6, 6.07) is 17.4. The number of rotatable bonds is 5. The van der Waals surface area contributed by atoms with E-state index < -0.39 is 15.1 Å². The van der Waals surface area contributed by atoms with E-state index in [1.807, 2.05) is 24.3 Å². The van der Waals surface area contributed by atoms with Crippen molar-refractivity contribution in [2.45, 2.75) is 17.1 Å². The Balaban J connectivity index is 1.85. The number of hydrogen-bond acceptors (Lipinski definition) is 6. The van der Waals surface area contributed by atoms with Crippen molar-refractivity contribution in [2.24, 2.45) is 0 Å². The molecule has 1 aliphatic rings. The summed E-state index contributed by atoms with van der Waals surface area (Å²) in [5.41, 5.74) is 1.48. The third-order valence-corrected chi connectivity index (χ3v) is 7.47. The third-order valence-electron chi connectivity index (χ3n) is 5.60. The molecule has 0 unspecified atom stereocenters. The smallest absolute Gasteiger partial charge is 0.200 e. The average molecular weight is 423 g/mol. The molecule has 7 nitrogen and oxygen atoms in total. The van der Waals surface area contributed by atoms with Gasteiger partial charge in [-0.3, -0.25) is 0 Å². The standard InChI is InChI=1S/C22H23N5O2S/c1-2-26-12-14-27(15-13-26)22-21(24-18-10-6-7-11-19(18)25-22)20(16-23)30(28,29)17-8-4-3-5-9-17/h3-11,20H,2,12-15H2,1H3/p+1/t20-/m1/s1. The maximum absolute atomic E-state index is 13.3. The maximum Gasteiger partial charge on any atom is 0.200 e. The number of likely N-dealkylation sites (N-methyl/N-ethyl adjacent to an activating group) is 1. The van der Waals surface area contributed by atoms with Crippen molar-refractivity contribution in [1.82, 2.24) is 9.97 Å². The molecule has 8 heteroatoms. The Morgan fingerprint density at radius 2 is 1.63 bits per heavy atom. The number of nitrogens with zero attached hydrogens (tertiary/aromatic N) is 4. The molecule has 3 aromatic rings. The van der Waals surface area contributed by atoms with Gasteiger partial charge >= 0.3 is 0 Å². The number of sulfone groups is 1. The fourth-order valence-electron chi connectivity index (χ4n) is 3.83. The summed E-state index contributed by atoms with van der Waals surface area (Å²) in [5.74, 6) is 0.495. The van der Waals surface area contributed by atoms with E-state index in [9.17, 15) is 13.7 Å². The lowest BCUT2D eigenvalue weighted by Gasteiger charge is -2.33. The number of para-hydroxylation sites is 2. The number of nitrogens with one attached hydrogen (secondary N) is 1. The Labute approximate surface area is 176 Å². The van der Waals surface area contributed by atoms with Crippen LogP contribution in [0.4, 0.5) is 5.82 Å². The normalized spacial score (nSPS) is 16.3. The lowest BCUT2D eigenvalue weighted by molar-refractivity contribution is -0.898. The molecule has 1 saturated heterocycles. The quantitative estimate of drug-likeness (QED) is 0.668. The predicted octanol–water partition coefficient (Wildman–Crippen LogP) is 1.39. The number of nitriles is 1. The molecule has 0 saturated carbocycles. The van der Waals surface area contributed by atoms with Gasteiger partial charge in [0.1, 0.15) is 5.69 Å². The van der Waals surface area contributed by atoms with Crippen molar-refractivity contribution < 1.29 is 13.3 Å². The Hall–Kier alpha value is -3.02. The van der Waals surface area contributed by atoms with Crippen LogP contribution in [-0.2, 0) is 9.84 Å². The monoisotopic (exact) mass is 422 g/mol. The lowest BCUT2D eigenvalue weighted by Crippen LogP contribution is -3.14. The molecule has 4 rings (SSSR count). The van der Waals surface area contributed by atoms with Crippen LogP contribution in [0.5, 0.6) is 0 Å². The topological polar surface area (TPSA) is 91.4 Å². The minimum absolute atomic E-state index is 0.109. The highest BCUT2D eigenvalue weighted by Crippen LogP contribution is 2.33. The van der Waals surface area contributed by atoms with Crippen molar-refractivity contribution in [3.05, 3.63) is 60.3 Å². The first-order valence-electron chi connectivity index (χ1n) is 10.1. The molecule has 0 bridgehead atoms. The van der Waals surface area contributed by atoms with Gasteiger partial charge in [-0.15, -0.1) is 0 Å². The zero-order chi connectivity index (χ0) is 21.1. The lowest BCUT2D eigenvalue weighted by atomic mass is 10.2. The van der Waals surface area contributed by atoms with E-state index in [0.29, 0.717) is 16.9 Å². The Morgan fingerprint density at radius 3 is 2.23 bits per heavy atom. The van der Waals surface area contributed by atoms with E-state index in [2.05, 4.69) is 16.8 Å². The molecule has 0 amide bonds. The molecule has 1 N–H and O–H groups in total. The fourth-order valence-corrected chi connectivity index (χ4v) is 5.22. The van der Waals surface area contributed by atoms with Gasteiger partial charge < -0.3 is 9.80 Å². The average Bonchev–Trinajstić information content (AvgIpc) is 2.79. The van der Waals surface area contributed by atoms with Gasteiger partial charge in [-0.1, -0.05) is 30.3 Å². The summed E-state index contributed by atoms with van der Waals surface area (Å²) < 4.78 is 26.6. The first kappa shape index (κ1) is 20.3. The highest BCUT2D eigenvalue weighted by atomic mass is 32.2. The van der Waals surface area contributed by atoms with Crippen LogP contribution in [0.3, 0.4) is 0 Å². The minimum atomic E-state index is -3.94. The molecule has 1 fully saturated rings. The number of benzene rings is 2. The van der Waals surface area contributed by atoms with Gasteiger partial charge in [0, 0.05) is 0 Å². The molecule has 0 aliphatic carbocycles. The van der Waals surface area contributed by atoms with Crippen LogP contribution in [0.1, 0.15) is 17.9 Å². The van der Waals surface area contributed by atoms with Gasteiger partial charge in [-0.2, -0.15) is 5.26 Å². The van der Waals surface area contributed by atoms with Crippen LogP contribution in [0.15, 0.2) is 59.5 Å². The predicted molar refractivity (Wildman–Crippen MR) is 115 cm³/mol. The van der Waals surface area contributed by atoms with Gasteiger partial charge in [0.2, 0.25) is 9.84 Å². The second kappa shape index (κ2) is 8.38. The van der Waals surface area contributed by atoms with Gasteiger partial charge in [0.15, 0.2) is 11.1 Å². The van der Waals surface area contributed by atoms with Crippen molar-refractivity contribution in [3.8, 4) is 6.07 Å². The highest BCUT2D eigenvalue weighted by molar-refractivity contribution is 7.92. The summed E-state index contributed by atoms with van der Waals surface area (Å²) in [6.07, 6.45) is 0. The molecular formula is C22H24N5O2S+. The van der Waals surface area contributed by atoms with Crippen LogP contribution in [0.25, 0.3) is 11.0 Å². The largest absolute Gasteiger partial charge is 0.344 e. The first-order chi connectivity index (χ1) is 14.5. The van der Waals surface area contributed by atoms with Crippen LogP contribution < -0.4 is 9.80 Å². The molecule has 2 aromatic carbocycles. The van der Waals surface area contributed by atoms with Crippen LogP contribution in [-0.4, -0.2) is 51.1 Å². The van der Waals surface area contributed by atoms with Gasteiger partial charge in [0.05, 0.1) is 54.7 Å². The van der Waals surface area contributed by atoms with E-state index in [-0.39, 0.29) is 10.6 Å². The van der Waals surface area contributed by atoms with E-state index in [4.69, 9.17) is 4.98 Å². The van der Waals surface area contributed by atoms with Gasteiger partial charge in [0.25, 0.3) is 0 Å². The maximum atomic E-state index is 13.3. The summed E-state index contributed by atoms with van der Waals surface area (Å²) in [5, 5.41) is 8.50. The van der Waals surface area contributed by atoms with E-state index in [1.54, 1.807) is 24.3 Å². The Bertz CT molecular complexity index is 1180. The van der Waals surface area contributed by atoms with Crippen LogP contribution in [0.2, 0.25) is 0 Å². The molecule has 1 atom stereocenters. The number of anilines is 1. The third kappa shape index (κ3) is 3.74. The molecule has 1 aliphatic heterocycles. The molecule has 0 spiro atoms. The fraction of sp³-hybridized carbons (Fsp3) is 0.318. The number of hydrogen-bond donors (Lipinski definition) is 1. The molecule has 0 radical (unpaired) electrons. The molecule has 154 valence electrons. The second-order valence-corrected chi connectivity index (χ2v) is 9.41. The van der Waals surface area contributed by atoms with Gasteiger partial charge in [-0.25, -0.2) is 18.4 Å². The minimum Gasteiger partial charge on any atom is -0.344 e. The Kier molecular flexibility index (Phi) is 5.66. The highest BCUT2D eigenvalue weighted by Gasteiger charge is 2.35. The molecule has 30 heavy (non-hydrogen) atoms. The first-order valence-corrected chi connectivity index (χ1v) is 11.6. The number of aromatic nitrogens is 2. The Morgan fingerprint density at radius 1 is 1.03 bits per heavy atom. The summed E-state index contributed by atoms with van der Waals surface area (Å²) in [6.45, 7) is 6.57. The van der Waals surface area contributed by atoms with Crippen molar-refractivity contribution in [3.63, 3.8) is 0 Å². The van der Waals surface area contributed by atoms with E-state index in [0.717, 1.165) is 32.7 Å².